The molecule has 0 heterocycles. The average molecular weight is 320 g/mol. The molecule has 0 saturated heterocycles. The Morgan fingerprint density at radius 2 is 0.905 bits per heavy atom. The molecule has 0 saturated carbocycles. The number of rotatable bonds is 16. The van der Waals surface area contributed by atoms with E-state index < -0.39 is 0 Å². The Labute approximate surface area is 141 Å². The minimum atomic E-state index is 0. The second kappa shape index (κ2) is 20.2. The van der Waals surface area contributed by atoms with Gasteiger partial charge in [-0.05, 0) is 25.3 Å². The van der Waals surface area contributed by atoms with Crippen LogP contribution in [0.5, 0.6) is 0 Å². The number of halogens is 1. The number of unbranched alkanes of at least 4 members (excludes halogenated alkanes) is 11. The molecule has 0 aromatic rings. The van der Waals surface area contributed by atoms with Crippen LogP contribution in [0.4, 0.5) is 0 Å². The van der Waals surface area contributed by atoms with Crippen LogP contribution < -0.4 is 5.73 Å². The lowest BCUT2D eigenvalue weighted by molar-refractivity contribution is 0.410. The van der Waals surface area contributed by atoms with E-state index in [4.69, 9.17) is 5.73 Å². The normalized spacial score (nSPS) is 12.1. The molecule has 0 bridgehead atoms. The summed E-state index contributed by atoms with van der Waals surface area (Å²) in [6.45, 7) is 5.48. The van der Waals surface area contributed by atoms with Gasteiger partial charge in [-0.2, -0.15) is 0 Å². The maximum atomic E-state index is 5.92. The molecule has 0 aliphatic carbocycles. The summed E-state index contributed by atoms with van der Waals surface area (Å²) in [7, 11) is 0. The van der Waals surface area contributed by atoms with E-state index in [9.17, 15) is 0 Å². The number of hydrogen-bond acceptors (Lipinski definition) is 1. The zero-order chi connectivity index (χ0) is 14.9. The van der Waals surface area contributed by atoms with Gasteiger partial charge >= 0.3 is 0 Å². The Balaban J connectivity index is 0. The Hall–Kier alpha value is 0.250. The highest BCUT2D eigenvalue weighted by molar-refractivity contribution is 5.85. The van der Waals surface area contributed by atoms with Crippen LogP contribution in [0.25, 0.3) is 0 Å². The van der Waals surface area contributed by atoms with Gasteiger partial charge in [-0.25, -0.2) is 0 Å². The van der Waals surface area contributed by atoms with Crippen LogP contribution >= 0.6 is 12.4 Å². The summed E-state index contributed by atoms with van der Waals surface area (Å²) in [5, 5.41) is 0. The first kappa shape index (κ1) is 23.5. The summed E-state index contributed by atoms with van der Waals surface area (Å²) in [6, 6.07) is 0. The van der Waals surface area contributed by atoms with Crippen molar-refractivity contribution in [2.75, 3.05) is 6.54 Å². The molecule has 2 heteroatoms. The molecule has 130 valence electrons. The lowest BCUT2D eigenvalue weighted by atomic mass is 9.94. The fourth-order valence-electron chi connectivity index (χ4n) is 2.98. The van der Waals surface area contributed by atoms with Gasteiger partial charge in [0.1, 0.15) is 0 Å². The molecular formula is C19H42ClN. The third-order valence-corrected chi connectivity index (χ3v) is 4.52. The summed E-state index contributed by atoms with van der Waals surface area (Å²) in [5.74, 6) is 0.803. The topological polar surface area (TPSA) is 26.0 Å². The van der Waals surface area contributed by atoms with Crippen molar-refractivity contribution in [3.05, 3.63) is 0 Å². The molecule has 0 spiro atoms. The second-order valence-electron chi connectivity index (χ2n) is 6.57. The van der Waals surface area contributed by atoms with E-state index in [-0.39, 0.29) is 12.4 Å². The molecule has 0 aliphatic heterocycles. The fourth-order valence-corrected chi connectivity index (χ4v) is 2.98. The molecule has 0 aromatic heterocycles. The quantitative estimate of drug-likeness (QED) is 0.308. The van der Waals surface area contributed by atoms with E-state index in [1.54, 1.807) is 0 Å². The smallest absolute Gasteiger partial charge is 0.00489 e. The van der Waals surface area contributed by atoms with Crippen LogP contribution in [0.2, 0.25) is 0 Å². The largest absolute Gasteiger partial charge is 0.330 e. The van der Waals surface area contributed by atoms with Crippen LogP contribution in [-0.2, 0) is 0 Å². The van der Waals surface area contributed by atoms with Crippen molar-refractivity contribution in [3.63, 3.8) is 0 Å². The fraction of sp³-hybridized carbons (Fsp3) is 1.00. The van der Waals surface area contributed by atoms with Crippen molar-refractivity contribution in [2.45, 2.75) is 110 Å². The number of hydrogen-bond donors (Lipinski definition) is 1. The Bertz CT molecular complexity index is 173. The molecule has 0 amide bonds. The van der Waals surface area contributed by atoms with Gasteiger partial charge < -0.3 is 5.73 Å². The van der Waals surface area contributed by atoms with E-state index >= 15 is 0 Å². The molecule has 0 aliphatic rings. The molecule has 2 N–H and O–H groups in total. The Morgan fingerprint density at radius 1 is 0.571 bits per heavy atom. The van der Waals surface area contributed by atoms with E-state index in [1.165, 1.54) is 96.3 Å². The molecule has 1 unspecified atom stereocenters. The van der Waals surface area contributed by atoms with E-state index in [2.05, 4.69) is 13.8 Å². The van der Waals surface area contributed by atoms with Crippen LogP contribution in [0.1, 0.15) is 110 Å². The van der Waals surface area contributed by atoms with Crippen molar-refractivity contribution < 1.29 is 0 Å². The third-order valence-electron chi connectivity index (χ3n) is 4.52. The highest BCUT2D eigenvalue weighted by Gasteiger charge is 2.06. The van der Waals surface area contributed by atoms with E-state index in [1.807, 2.05) is 0 Å². The van der Waals surface area contributed by atoms with Crippen molar-refractivity contribution in [2.24, 2.45) is 11.7 Å². The van der Waals surface area contributed by atoms with Crippen molar-refractivity contribution in [3.8, 4) is 0 Å². The summed E-state index contributed by atoms with van der Waals surface area (Å²) >= 11 is 0. The van der Waals surface area contributed by atoms with Gasteiger partial charge in [0.2, 0.25) is 0 Å². The minimum Gasteiger partial charge on any atom is -0.330 e. The van der Waals surface area contributed by atoms with E-state index in [0.29, 0.717) is 0 Å². The molecule has 1 nitrogen and oxygen atoms in total. The predicted molar refractivity (Wildman–Crippen MR) is 100 cm³/mol. The summed E-state index contributed by atoms with van der Waals surface area (Å²) in [6.07, 6.45) is 21.1. The maximum Gasteiger partial charge on any atom is -0.00489 e. The van der Waals surface area contributed by atoms with Crippen LogP contribution in [0.15, 0.2) is 0 Å². The highest BCUT2D eigenvalue weighted by atomic mass is 35.5. The molecule has 0 rings (SSSR count). The monoisotopic (exact) mass is 319 g/mol. The van der Waals surface area contributed by atoms with Gasteiger partial charge in [0, 0.05) is 0 Å². The van der Waals surface area contributed by atoms with E-state index in [0.717, 1.165) is 12.5 Å². The molecule has 0 fully saturated rings. The molecular weight excluding hydrogens is 278 g/mol. The third kappa shape index (κ3) is 18.2. The molecule has 0 radical (unpaired) electrons. The van der Waals surface area contributed by atoms with Crippen LogP contribution in [0.3, 0.4) is 0 Å². The molecule has 1 atom stereocenters. The van der Waals surface area contributed by atoms with Gasteiger partial charge in [-0.15, -0.1) is 12.4 Å². The van der Waals surface area contributed by atoms with Gasteiger partial charge in [-0.1, -0.05) is 97.3 Å². The van der Waals surface area contributed by atoms with Gasteiger partial charge in [-0.3, -0.25) is 0 Å². The van der Waals surface area contributed by atoms with Gasteiger partial charge in [0.25, 0.3) is 0 Å². The number of nitrogens with two attached hydrogens (primary N) is 1. The van der Waals surface area contributed by atoms with Crippen molar-refractivity contribution in [1.29, 1.82) is 0 Å². The maximum absolute atomic E-state index is 5.92. The second-order valence-corrected chi connectivity index (χ2v) is 6.57. The Kier molecular flexibility index (Phi) is 22.7. The first-order chi connectivity index (χ1) is 9.85. The SMILES string of the molecule is CCCCCCCCCC(CN)CCCCCCCC.Cl. The van der Waals surface area contributed by atoms with Crippen molar-refractivity contribution in [1.82, 2.24) is 0 Å². The first-order valence-corrected chi connectivity index (χ1v) is 9.55. The summed E-state index contributed by atoms with van der Waals surface area (Å²) in [5.41, 5.74) is 5.92. The predicted octanol–water partition coefficient (Wildman–Crippen LogP) is 6.87. The first-order valence-electron chi connectivity index (χ1n) is 9.55. The molecule has 0 aromatic carbocycles. The van der Waals surface area contributed by atoms with Crippen LogP contribution in [0, 0.1) is 5.92 Å². The standard InChI is InChI=1S/C19H41N.ClH/c1-3-5-7-9-11-13-15-17-19(18-20)16-14-12-10-8-6-4-2;/h19H,3-18,20H2,1-2H3;1H. The zero-order valence-corrected chi connectivity index (χ0v) is 15.7. The average Bonchev–Trinajstić information content (AvgIpc) is 2.47. The Morgan fingerprint density at radius 3 is 1.24 bits per heavy atom. The van der Waals surface area contributed by atoms with Gasteiger partial charge in [0.05, 0.1) is 0 Å². The molecule has 21 heavy (non-hydrogen) atoms. The lowest BCUT2D eigenvalue weighted by Gasteiger charge is -2.14. The summed E-state index contributed by atoms with van der Waals surface area (Å²) in [4.78, 5) is 0. The minimum absolute atomic E-state index is 0. The van der Waals surface area contributed by atoms with Gasteiger partial charge in [0.15, 0.2) is 0 Å². The summed E-state index contributed by atoms with van der Waals surface area (Å²) < 4.78 is 0. The zero-order valence-electron chi connectivity index (χ0n) is 14.9. The lowest BCUT2D eigenvalue weighted by Crippen LogP contribution is -2.14. The van der Waals surface area contributed by atoms with Crippen LogP contribution in [-0.4, -0.2) is 6.54 Å². The van der Waals surface area contributed by atoms with Crippen molar-refractivity contribution >= 4 is 12.4 Å². The highest BCUT2D eigenvalue weighted by Crippen LogP contribution is 2.18.